The van der Waals surface area contributed by atoms with Crippen LogP contribution >= 0.6 is 0 Å². The van der Waals surface area contributed by atoms with Crippen molar-refractivity contribution in [3.8, 4) is 6.07 Å². The number of carbonyl (C=O) groups is 2. The van der Waals surface area contributed by atoms with Gasteiger partial charge < -0.3 is 15.4 Å². The Kier molecular flexibility index (Phi) is 7.84. The lowest BCUT2D eigenvalue weighted by atomic mass is 10.1. The van der Waals surface area contributed by atoms with Crippen LogP contribution in [0.1, 0.15) is 35.3 Å². The van der Waals surface area contributed by atoms with Crippen molar-refractivity contribution in [2.24, 2.45) is 5.92 Å². The van der Waals surface area contributed by atoms with Gasteiger partial charge in [-0.2, -0.15) is 5.26 Å². The number of nitrogens with two attached hydrogens (primary N) is 1. The lowest BCUT2D eigenvalue weighted by molar-refractivity contribution is -0.121. The van der Waals surface area contributed by atoms with Crippen molar-refractivity contribution in [1.29, 1.82) is 5.26 Å². The molecule has 10 nitrogen and oxygen atoms in total. The highest BCUT2D eigenvalue weighted by Gasteiger charge is 2.26. The average molecular weight is 476 g/mol. The fourth-order valence-corrected chi connectivity index (χ4v) is 3.45. The largest absolute Gasteiger partial charge is 0.452 e. The topological polar surface area (TPSA) is 151 Å². The van der Waals surface area contributed by atoms with Crippen LogP contribution < -0.4 is 21.9 Å². The van der Waals surface area contributed by atoms with Gasteiger partial charge in [0, 0.05) is 6.54 Å². The Labute approximate surface area is 201 Å². The number of esters is 1. The summed E-state index contributed by atoms with van der Waals surface area (Å²) in [5, 5.41) is 9.00. The van der Waals surface area contributed by atoms with Gasteiger partial charge in [0.15, 0.2) is 12.3 Å². The number of hydrogen-bond donors (Lipinski definition) is 2. The molecule has 0 saturated carbocycles. The minimum atomic E-state index is -0.821. The highest BCUT2D eigenvalue weighted by atomic mass is 16.5. The fourth-order valence-electron chi connectivity index (χ4n) is 3.45. The van der Waals surface area contributed by atoms with E-state index >= 15 is 0 Å². The number of nitrogens with zero attached hydrogens (tertiary/aromatic N) is 3. The highest BCUT2D eigenvalue weighted by molar-refractivity contribution is 5.98. The van der Waals surface area contributed by atoms with Crippen molar-refractivity contribution in [3.63, 3.8) is 0 Å². The Balaban J connectivity index is 1.91. The molecule has 3 rings (SSSR count). The second-order valence-corrected chi connectivity index (χ2v) is 8.23. The summed E-state index contributed by atoms with van der Waals surface area (Å²) < 4.78 is 6.31. The van der Waals surface area contributed by atoms with Gasteiger partial charge in [-0.25, -0.2) is 9.59 Å². The number of benzene rings is 2. The van der Waals surface area contributed by atoms with E-state index in [-0.39, 0.29) is 41.6 Å². The molecule has 0 fully saturated rings. The predicted molar refractivity (Wildman–Crippen MR) is 130 cm³/mol. The van der Waals surface area contributed by atoms with Crippen molar-refractivity contribution in [3.05, 3.63) is 92.1 Å². The zero-order valence-electron chi connectivity index (χ0n) is 19.4. The molecular weight excluding hydrogens is 450 g/mol. The number of ether oxygens (including phenoxy) is 1. The van der Waals surface area contributed by atoms with E-state index in [1.165, 1.54) is 28.8 Å². The van der Waals surface area contributed by atoms with Gasteiger partial charge in [0.2, 0.25) is 0 Å². The zero-order chi connectivity index (χ0) is 25.5. The average Bonchev–Trinajstić information content (AvgIpc) is 2.84. The van der Waals surface area contributed by atoms with Crippen LogP contribution in [-0.2, 0) is 16.1 Å². The molecule has 35 heavy (non-hydrogen) atoms. The van der Waals surface area contributed by atoms with Crippen molar-refractivity contribution in [2.75, 3.05) is 23.8 Å². The molecule has 0 bridgehead atoms. The number of carbonyl (C=O) groups excluding carboxylic acids is 2. The molecule has 1 amide bonds. The van der Waals surface area contributed by atoms with Crippen LogP contribution in [-0.4, -0.2) is 34.6 Å². The van der Waals surface area contributed by atoms with Crippen LogP contribution in [0.2, 0.25) is 0 Å². The number of rotatable bonds is 8. The Bertz CT molecular complexity index is 1390. The monoisotopic (exact) mass is 475 g/mol. The summed E-state index contributed by atoms with van der Waals surface area (Å²) in [6, 6.07) is 16.8. The third kappa shape index (κ3) is 6.03. The zero-order valence-corrected chi connectivity index (χ0v) is 19.4. The molecule has 0 saturated heterocycles. The van der Waals surface area contributed by atoms with Gasteiger partial charge in [0.1, 0.15) is 5.82 Å². The van der Waals surface area contributed by atoms with E-state index in [0.717, 1.165) is 10.5 Å². The van der Waals surface area contributed by atoms with Crippen molar-refractivity contribution < 1.29 is 14.3 Å². The van der Waals surface area contributed by atoms with Gasteiger partial charge in [-0.1, -0.05) is 50.2 Å². The summed E-state index contributed by atoms with van der Waals surface area (Å²) in [7, 11) is 0. The maximum absolute atomic E-state index is 13.1. The van der Waals surface area contributed by atoms with Crippen LogP contribution in [0.25, 0.3) is 0 Å². The number of nitrogen functional groups attached to an aromatic ring is 1. The molecule has 1 aromatic heterocycles. The van der Waals surface area contributed by atoms with E-state index in [2.05, 4.69) is 4.98 Å². The SMILES string of the molecule is CC(C)CN(C(=O)COC(=O)c1cccc(C#N)c1)c1c(N)n(Cc2ccccc2)c(=O)[nH]c1=O. The molecule has 1 heterocycles. The molecule has 3 N–H and O–H groups in total. The van der Waals surface area contributed by atoms with E-state index in [9.17, 15) is 19.2 Å². The van der Waals surface area contributed by atoms with Crippen LogP contribution in [0.3, 0.4) is 0 Å². The van der Waals surface area contributed by atoms with E-state index < -0.39 is 29.7 Å². The Morgan fingerprint density at radius 1 is 1.14 bits per heavy atom. The lowest BCUT2D eigenvalue weighted by Gasteiger charge is -2.26. The second-order valence-electron chi connectivity index (χ2n) is 8.23. The van der Waals surface area contributed by atoms with E-state index in [1.54, 1.807) is 24.3 Å². The molecule has 3 aromatic rings. The number of nitriles is 1. The van der Waals surface area contributed by atoms with Crippen LogP contribution in [0, 0.1) is 17.2 Å². The number of aromatic nitrogens is 2. The van der Waals surface area contributed by atoms with Crippen LogP contribution in [0.5, 0.6) is 0 Å². The number of anilines is 2. The van der Waals surface area contributed by atoms with Gasteiger partial charge in [0.25, 0.3) is 11.5 Å². The minimum absolute atomic E-state index is 0.0738. The first kappa shape index (κ1) is 25.0. The molecule has 180 valence electrons. The first-order valence-electron chi connectivity index (χ1n) is 10.9. The summed E-state index contributed by atoms with van der Waals surface area (Å²) in [4.78, 5) is 54.1. The first-order valence-corrected chi connectivity index (χ1v) is 10.9. The fraction of sp³-hybridized carbons (Fsp3) is 0.240. The molecule has 0 aliphatic carbocycles. The summed E-state index contributed by atoms with van der Waals surface area (Å²) in [6.07, 6.45) is 0. The van der Waals surface area contributed by atoms with Gasteiger partial charge in [0.05, 0.1) is 23.7 Å². The summed E-state index contributed by atoms with van der Waals surface area (Å²) in [5.41, 5.74) is 5.67. The van der Waals surface area contributed by atoms with Gasteiger partial charge >= 0.3 is 11.7 Å². The van der Waals surface area contributed by atoms with Crippen molar-refractivity contribution in [1.82, 2.24) is 9.55 Å². The van der Waals surface area contributed by atoms with Crippen molar-refractivity contribution >= 4 is 23.4 Å². The Morgan fingerprint density at radius 3 is 2.51 bits per heavy atom. The van der Waals surface area contributed by atoms with Gasteiger partial charge in [-0.05, 0) is 29.7 Å². The lowest BCUT2D eigenvalue weighted by Crippen LogP contribution is -2.44. The van der Waals surface area contributed by atoms with E-state index in [4.69, 9.17) is 15.7 Å². The Hall–Kier alpha value is -4.65. The third-order valence-corrected chi connectivity index (χ3v) is 5.07. The van der Waals surface area contributed by atoms with Crippen LogP contribution in [0.15, 0.2) is 64.2 Å². The summed E-state index contributed by atoms with van der Waals surface area (Å²) in [6.45, 7) is 3.19. The van der Waals surface area contributed by atoms with Gasteiger partial charge in [-0.3, -0.25) is 19.1 Å². The third-order valence-electron chi connectivity index (χ3n) is 5.07. The quantitative estimate of drug-likeness (QED) is 0.472. The molecule has 2 aromatic carbocycles. The standard InChI is InChI=1S/C25H25N5O5/c1-16(2)13-29(20(31)15-35-24(33)19-10-6-9-18(11-19)12-26)21-22(27)30(25(34)28-23(21)32)14-17-7-4-3-5-8-17/h3-11,16H,13-15,27H2,1-2H3,(H,28,32,34). The summed E-state index contributed by atoms with van der Waals surface area (Å²) >= 11 is 0. The molecule has 0 radical (unpaired) electrons. The smallest absolute Gasteiger partial charge is 0.338 e. The minimum Gasteiger partial charge on any atom is -0.452 e. The Morgan fingerprint density at radius 2 is 1.86 bits per heavy atom. The van der Waals surface area contributed by atoms with E-state index in [1.807, 2.05) is 26.0 Å². The molecule has 0 unspecified atom stereocenters. The van der Waals surface area contributed by atoms with E-state index in [0.29, 0.717) is 0 Å². The van der Waals surface area contributed by atoms with Crippen molar-refractivity contribution in [2.45, 2.75) is 20.4 Å². The molecule has 0 aliphatic heterocycles. The number of H-pyrrole nitrogens is 1. The number of aromatic amines is 1. The molecule has 0 spiro atoms. The second kappa shape index (κ2) is 11.0. The molecular formula is C25H25N5O5. The molecule has 0 atom stereocenters. The highest BCUT2D eigenvalue weighted by Crippen LogP contribution is 2.20. The summed E-state index contributed by atoms with van der Waals surface area (Å²) in [5.74, 6) is -1.73. The first-order chi connectivity index (χ1) is 16.7. The normalized spacial score (nSPS) is 10.6. The van der Waals surface area contributed by atoms with Crippen LogP contribution in [0.4, 0.5) is 11.5 Å². The van der Waals surface area contributed by atoms with Gasteiger partial charge in [-0.15, -0.1) is 0 Å². The predicted octanol–water partition coefficient (Wildman–Crippen LogP) is 1.88. The number of hydrogen-bond acceptors (Lipinski definition) is 7. The molecule has 10 heteroatoms. The number of amides is 1. The number of nitrogens with one attached hydrogen (secondary N) is 1. The maximum atomic E-state index is 13.1. The maximum Gasteiger partial charge on any atom is 0.338 e. The molecule has 0 aliphatic rings.